The molecule has 1 unspecified atom stereocenters. The predicted molar refractivity (Wildman–Crippen MR) is 66.2 cm³/mol. The molecule has 2 amide bonds. The van der Waals surface area contributed by atoms with E-state index in [0.29, 0.717) is 5.56 Å². The molecule has 0 radical (unpaired) electrons. The SMILES string of the molecule is O=C1NC(=O)c2c1cc(O)c(O)c2C1CCCCN1. The second-order valence-electron chi connectivity index (χ2n) is 4.87. The Morgan fingerprint density at radius 2 is 1.95 bits per heavy atom. The third-order valence-corrected chi connectivity index (χ3v) is 3.67. The van der Waals surface area contributed by atoms with Gasteiger partial charge in [-0.25, -0.2) is 0 Å². The number of hydrogen-bond acceptors (Lipinski definition) is 5. The van der Waals surface area contributed by atoms with Crippen LogP contribution in [0.5, 0.6) is 11.5 Å². The van der Waals surface area contributed by atoms with Gasteiger partial charge >= 0.3 is 0 Å². The molecule has 1 aromatic carbocycles. The van der Waals surface area contributed by atoms with Gasteiger partial charge < -0.3 is 15.5 Å². The Hall–Kier alpha value is -2.08. The van der Waals surface area contributed by atoms with Crippen molar-refractivity contribution in [2.45, 2.75) is 25.3 Å². The number of amides is 2. The molecule has 0 bridgehead atoms. The average Bonchev–Trinajstić information content (AvgIpc) is 2.67. The lowest BCUT2D eigenvalue weighted by Crippen LogP contribution is -2.28. The molecule has 1 fully saturated rings. The number of hydrogen-bond donors (Lipinski definition) is 4. The summed E-state index contributed by atoms with van der Waals surface area (Å²) in [6.07, 6.45) is 2.76. The monoisotopic (exact) mass is 262 g/mol. The first kappa shape index (κ1) is 12.0. The van der Waals surface area contributed by atoms with Gasteiger partial charge in [0.25, 0.3) is 11.8 Å². The molecular formula is C13H14N2O4. The molecule has 1 saturated heterocycles. The molecule has 0 saturated carbocycles. The number of phenols is 2. The van der Waals surface area contributed by atoms with Crippen LogP contribution in [0.3, 0.4) is 0 Å². The average molecular weight is 262 g/mol. The van der Waals surface area contributed by atoms with Crippen LogP contribution in [-0.4, -0.2) is 28.6 Å². The van der Waals surface area contributed by atoms with Gasteiger partial charge in [-0.05, 0) is 25.5 Å². The fraction of sp³-hybridized carbons (Fsp3) is 0.385. The maximum atomic E-state index is 11.9. The van der Waals surface area contributed by atoms with Crippen molar-refractivity contribution in [3.05, 3.63) is 22.8 Å². The van der Waals surface area contributed by atoms with E-state index in [0.717, 1.165) is 31.9 Å². The molecule has 100 valence electrons. The summed E-state index contributed by atoms with van der Waals surface area (Å²) in [5, 5.41) is 25.2. The summed E-state index contributed by atoms with van der Waals surface area (Å²) < 4.78 is 0. The highest BCUT2D eigenvalue weighted by molar-refractivity contribution is 6.22. The zero-order valence-electron chi connectivity index (χ0n) is 10.2. The third kappa shape index (κ3) is 1.76. The summed E-state index contributed by atoms with van der Waals surface area (Å²) in [5.74, 6) is -1.74. The quantitative estimate of drug-likeness (QED) is 0.443. The van der Waals surface area contributed by atoms with Gasteiger partial charge in [0.15, 0.2) is 11.5 Å². The maximum absolute atomic E-state index is 11.9. The molecular weight excluding hydrogens is 248 g/mol. The molecule has 0 spiro atoms. The summed E-state index contributed by atoms with van der Waals surface area (Å²) in [5.41, 5.74) is 0.639. The minimum atomic E-state index is -0.535. The molecule has 2 heterocycles. The van der Waals surface area contributed by atoms with Crippen LogP contribution in [0, 0.1) is 0 Å². The van der Waals surface area contributed by atoms with E-state index in [1.165, 1.54) is 0 Å². The molecule has 6 heteroatoms. The van der Waals surface area contributed by atoms with E-state index in [1.54, 1.807) is 0 Å². The van der Waals surface area contributed by atoms with Crippen LogP contribution in [0.2, 0.25) is 0 Å². The lowest BCUT2D eigenvalue weighted by molar-refractivity contribution is 0.0879. The number of carbonyl (C=O) groups is 2. The van der Waals surface area contributed by atoms with Crippen molar-refractivity contribution < 1.29 is 19.8 Å². The van der Waals surface area contributed by atoms with Crippen molar-refractivity contribution in [1.82, 2.24) is 10.6 Å². The smallest absolute Gasteiger partial charge is 0.259 e. The van der Waals surface area contributed by atoms with Crippen LogP contribution in [-0.2, 0) is 0 Å². The van der Waals surface area contributed by atoms with Crippen molar-refractivity contribution in [1.29, 1.82) is 0 Å². The summed E-state index contributed by atoms with van der Waals surface area (Å²) >= 11 is 0. The number of carbonyl (C=O) groups excluding carboxylic acids is 2. The maximum Gasteiger partial charge on any atom is 0.259 e. The number of fused-ring (bicyclic) bond motifs is 1. The molecule has 3 rings (SSSR count). The topological polar surface area (TPSA) is 98.7 Å². The van der Waals surface area contributed by atoms with Crippen molar-refractivity contribution in [3.8, 4) is 11.5 Å². The Kier molecular flexibility index (Phi) is 2.67. The van der Waals surface area contributed by atoms with Crippen molar-refractivity contribution in [2.75, 3.05) is 6.54 Å². The van der Waals surface area contributed by atoms with Gasteiger partial charge in [0.05, 0.1) is 11.1 Å². The number of piperidine rings is 1. The Morgan fingerprint density at radius 1 is 1.16 bits per heavy atom. The number of imide groups is 1. The fourth-order valence-electron chi connectivity index (χ4n) is 2.77. The Bertz CT molecular complexity index is 576. The molecule has 2 aliphatic rings. The van der Waals surface area contributed by atoms with Crippen LogP contribution in [0.25, 0.3) is 0 Å². The van der Waals surface area contributed by atoms with Gasteiger partial charge in [-0.3, -0.25) is 14.9 Å². The van der Waals surface area contributed by atoms with E-state index in [2.05, 4.69) is 10.6 Å². The van der Waals surface area contributed by atoms with Crippen molar-refractivity contribution in [2.24, 2.45) is 0 Å². The minimum Gasteiger partial charge on any atom is -0.504 e. The van der Waals surface area contributed by atoms with Gasteiger partial charge in [0, 0.05) is 11.6 Å². The van der Waals surface area contributed by atoms with Gasteiger partial charge in [-0.1, -0.05) is 6.42 Å². The van der Waals surface area contributed by atoms with E-state index in [4.69, 9.17) is 0 Å². The molecule has 0 aromatic heterocycles. The molecule has 19 heavy (non-hydrogen) atoms. The second kappa shape index (κ2) is 4.24. The van der Waals surface area contributed by atoms with Gasteiger partial charge in [0.1, 0.15) is 0 Å². The summed E-state index contributed by atoms with van der Waals surface area (Å²) in [6, 6.07) is 0.920. The highest BCUT2D eigenvalue weighted by atomic mass is 16.3. The Morgan fingerprint density at radius 3 is 2.63 bits per heavy atom. The second-order valence-corrected chi connectivity index (χ2v) is 4.87. The minimum absolute atomic E-state index is 0.127. The molecule has 1 atom stereocenters. The van der Waals surface area contributed by atoms with Crippen LogP contribution in [0.15, 0.2) is 6.07 Å². The van der Waals surface area contributed by atoms with Gasteiger partial charge in [-0.15, -0.1) is 0 Å². The first-order chi connectivity index (χ1) is 9.09. The van der Waals surface area contributed by atoms with Crippen molar-refractivity contribution in [3.63, 3.8) is 0 Å². The van der Waals surface area contributed by atoms with E-state index >= 15 is 0 Å². The normalized spacial score (nSPS) is 22.2. The van der Waals surface area contributed by atoms with Gasteiger partial charge in [0.2, 0.25) is 0 Å². The first-order valence-corrected chi connectivity index (χ1v) is 6.27. The van der Waals surface area contributed by atoms with Crippen LogP contribution in [0.1, 0.15) is 51.6 Å². The molecule has 0 aliphatic carbocycles. The lowest BCUT2D eigenvalue weighted by atomic mass is 9.90. The number of rotatable bonds is 1. The number of nitrogens with one attached hydrogen (secondary N) is 2. The van der Waals surface area contributed by atoms with E-state index in [9.17, 15) is 19.8 Å². The van der Waals surface area contributed by atoms with E-state index in [1.807, 2.05) is 0 Å². The largest absolute Gasteiger partial charge is 0.504 e. The number of aromatic hydroxyl groups is 2. The Balaban J connectivity index is 2.19. The zero-order valence-corrected chi connectivity index (χ0v) is 10.2. The summed E-state index contributed by atoms with van der Waals surface area (Å²) in [4.78, 5) is 23.5. The van der Waals surface area contributed by atoms with Gasteiger partial charge in [-0.2, -0.15) is 0 Å². The third-order valence-electron chi connectivity index (χ3n) is 3.67. The molecule has 1 aromatic rings. The number of phenolic OH excluding ortho intramolecular Hbond substituents is 2. The van der Waals surface area contributed by atoms with Crippen molar-refractivity contribution >= 4 is 11.8 Å². The summed E-state index contributed by atoms with van der Waals surface area (Å²) in [6.45, 7) is 0.782. The van der Waals surface area contributed by atoms with E-state index in [-0.39, 0.29) is 28.7 Å². The lowest BCUT2D eigenvalue weighted by Gasteiger charge is -2.26. The summed E-state index contributed by atoms with van der Waals surface area (Å²) in [7, 11) is 0. The number of benzene rings is 1. The van der Waals surface area contributed by atoms with E-state index < -0.39 is 11.8 Å². The highest BCUT2D eigenvalue weighted by Crippen LogP contribution is 2.41. The van der Waals surface area contributed by atoms with Crippen LogP contribution >= 0.6 is 0 Å². The predicted octanol–water partition coefficient (Wildman–Crippen LogP) is 0.796. The van der Waals surface area contributed by atoms with Crippen LogP contribution < -0.4 is 10.6 Å². The molecule has 4 N–H and O–H groups in total. The molecule has 2 aliphatic heterocycles. The Labute approximate surface area is 109 Å². The standard InChI is InChI=1S/C13H14N2O4/c16-8-5-6-9(13(19)15-12(6)18)10(11(8)17)7-3-1-2-4-14-7/h5,7,14,16-17H,1-4H2,(H,15,18,19). The van der Waals surface area contributed by atoms with Crippen LogP contribution in [0.4, 0.5) is 0 Å². The fourth-order valence-corrected chi connectivity index (χ4v) is 2.77. The first-order valence-electron chi connectivity index (χ1n) is 6.27. The highest BCUT2D eigenvalue weighted by Gasteiger charge is 2.35. The zero-order chi connectivity index (χ0) is 13.6. The molecule has 6 nitrogen and oxygen atoms in total.